The quantitative estimate of drug-likeness (QED) is 0.599. The van der Waals surface area contributed by atoms with Crippen molar-refractivity contribution >= 4 is 11.8 Å². The van der Waals surface area contributed by atoms with Gasteiger partial charge in [-0.15, -0.1) is 0 Å². The highest BCUT2D eigenvalue weighted by atomic mass is 14.6. The van der Waals surface area contributed by atoms with Gasteiger partial charge in [0.05, 0.1) is 0 Å². The molecular weight excluding hydrogens is 158 g/mol. The normalized spacial score (nSPS) is 20.0. The fourth-order valence-corrected chi connectivity index (χ4v) is 1.93. The molecule has 1 aromatic rings. The SMILES string of the molecule is Cc1c(N)ccc2c1C=CCC2C. The Morgan fingerprint density at radius 2 is 2.15 bits per heavy atom. The maximum Gasteiger partial charge on any atom is 0.0349 e. The molecule has 1 aliphatic carbocycles. The number of hydrogen-bond acceptors (Lipinski definition) is 1. The summed E-state index contributed by atoms with van der Waals surface area (Å²) in [6, 6.07) is 4.18. The Hall–Kier alpha value is -1.24. The van der Waals surface area contributed by atoms with Crippen molar-refractivity contribution < 1.29 is 0 Å². The number of anilines is 1. The van der Waals surface area contributed by atoms with Crippen LogP contribution in [0.15, 0.2) is 18.2 Å². The first-order chi connectivity index (χ1) is 6.20. The van der Waals surface area contributed by atoms with Gasteiger partial charge in [0, 0.05) is 5.69 Å². The van der Waals surface area contributed by atoms with Crippen molar-refractivity contribution in [1.29, 1.82) is 0 Å². The third-order valence-corrected chi connectivity index (χ3v) is 2.90. The van der Waals surface area contributed by atoms with Gasteiger partial charge >= 0.3 is 0 Å². The molecule has 0 heterocycles. The molecule has 68 valence electrons. The van der Waals surface area contributed by atoms with Gasteiger partial charge in [0.2, 0.25) is 0 Å². The number of nitrogens with two attached hydrogens (primary N) is 1. The molecule has 1 atom stereocenters. The predicted octanol–water partition coefficient (Wildman–Crippen LogP) is 3.10. The second kappa shape index (κ2) is 2.91. The minimum absolute atomic E-state index is 0.638. The summed E-state index contributed by atoms with van der Waals surface area (Å²) in [4.78, 5) is 0. The zero-order valence-corrected chi connectivity index (χ0v) is 8.17. The molecule has 0 radical (unpaired) electrons. The summed E-state index contributed by atoms with van der Waals surface area (Å²) in [5, 5.41) is 0. The smallest absolute Gasteiger partial charge is 0.0349 e. The predicted molar refractivity (Wildman–Crippen MR) is 57.7 cm³/mol. The van der Waals surface area contributed by atoms with Gasteiger partial charge in [-0.3, -0.25) is 0 Å². The Morgan fingerprint density at radius 3 is 2.92 bits per heavy atom. The highest BCUT2D eigenvalue weighted by Crippen LogP contribution is 2.33. The molecule has 0 saturated heterocycles. The van der Waals surface area contributed by atoms with E-state index in [4.69, 9.17) is 5.73 Å². The van der Waals surface area contributed by atoms with Crippen LogP contribution in [0.5, 0.6) is 0 Å². The molecule has 0 spiro atoms. The van der Waals surface area contributed by atoms with Crippen molar-refractivity contribution in [3.8, 4) is 0 Å². The summed E-state index contributed by atoms with van der Waals surface area (Å²) in [6.07, 6.45) is 5.58. The number of hydrogen-bond donors (Lipinski definition) is 1. The second-order valence-corrected chi connectivity index (χ2v) is 3.82. The molecule has 0 bridgehead atoms. The fraction of sp³-hybridized carbons (Fsp3) is 0.333. The van der Waals surface area contributed by atoms with Crippen LogP contribution in [0.25, 0.3) is 6.08 Å². The molecule has 0 aromatic heterocycles. The first-order valence-corrected chi connectivity index (χ1v) is 4.75. The van der Waals surface area contributed by atoms with Crippen molar-refractivity contribution in [3.63, 3.8) is 0 Å². The fourth-order valence-electron chi connectivity index (χ4n) is 1.93. The van der Waals surface area contributed by atoms with Gasteiger partial charge in [-0.25, -0.2) is 0 Å². The number of benzene rings is 1. The van der Waals surface area contributed by atoms with Crippen LogP contribution in [0.2, 0.25) is 0 Å². The largest absolute Gasteiger partial charge is 0.398 e. The van der Waals surface area contributed by atoms with E-state index in [1.807, 2.05) is 6.07 Å². The number of nitrogen functional groups attached to an aromatic ring is 1. The van der Waals surface area contributed by atoms with Gasteiger partial charge in [0.25, 0.3) is 0 Å². The monoisotopic (exact) mass is 173 g/mol. The average Bonchev–Trinajstić information content (AvgIpc) is 2.12. The molecule has 0 fully saturated rings. The van der Waals surface area contributed by atoms with Crippen LogP contribution in [0.1, 0.15) is 36.0 Å². The lowest BCUT2D eigenvalue weighted by atomic mass is 9.86. The molecular formula is C12H15N. The summed E-state index contributed by atoms with van der Waals surface area (Å²) < 4.78 is 0. The van der Waals surface area contributed by atoms with Crippen LogP contribution in [0.4, 0.5) is 5.69 Å². The number of allylic oxidation sites excluding steroid dienone is 1. The van der Waals surface area contributed by atoms with Gasteiger partial charge in [-0.1, -0.05) is 25.1 Å². The summed E-state index contributed by atoms with van der Waals surface area (Å²) in [6.45, 7) is 4.36. The lowest BCUT2D eigenvalue weighted by Gasteiger charge is -2.20. The Labute approximate surface area is 79.3 Å². The molecule has 2 N–H and O–H groups in total. The molecule has 0 saturated carbocycles. The van der Waals surface area contributed by atoms with E-state index in [-0.39, 0.29) is 0 Å². The first-order valence-electron chi connectivity index (χ1n) is 4.75. The Kier molecular flexibility index (Phi) is 1.87. The van der Waals surface area contributed by atoms with Crippen LogP contribution in [-0.4, -0.2) is 0 Å². The second-order valence-electron chi connectivity index (χ2n) is 3.82. The van der Waals surface area contributed by atoms with Crippen LogP contribution < -0.4 is 5.73 Å². The minimum Gasteiger partial charge on any atom is -0.398 e. The van der Waals surface area contributed by atoms with E-state index in [2.05, 4.69) is 32.1 Å². The maximum atomic E-state index is 5.86. The molecule has 1 heteroatoms. The first kappa shape index (κ1) is 8.36. The molecule has 1 unspecified atom stereocenters. The molecule has 1 nitrogen and oxygen atoms in total. The van der Waals surface area contributed by atoms with Crippen LogP contribution >= 0.6 is 0 Å². The van der Waals surface area contributed by atoms with E-state index in [1.54, 1.807) is 0 Å². The Bertz CT molecular complexity index is 364. The van der Waals surface area contributed by atoms with E-state index < -0.39 is 0 Å². The van der Waals surface area contributed by atoms with Gasteiger partial charge in [0.15, 0.2) is 0 Å². The van der Waals surface area contributed by atoms with Crippen molar-refractivity contribution in [1.82, 2.24) is 0 Å². The summed E-state index contributed by atoms with van der Waals surface area (Å²) in [5.41, 5.74) is 10.7. The van der Waals surface area contributed by atoms with Crippen molar-refractivity contribution in [3.05, 3.63) is 34.9 Å². The molecule has 0 amide bonds. The zero-order valence-electron chi connectivity index (χ0n) is 8.17. The number of rotatable bonds is 0. The summed E-state index contributed by atoms with van der Waals surface area (Å²) in [5.74, 6) is 0.638. The van der Waals surface area contributed by atoms with E-state index in [9.17, 15) is 0 Å². The van der Waals surface area contributed by atoms with Crippen LogP contribution in [0, 0.1) is 6.92 Å². The van der Waals surface area contributed by atoms with Crippen LogP contribution in [0.3, 0.4) is 0 Å². The topological polar surface area (TPSA) is 26.0 Å². The number of fused-ring (bicyclic) bond motifs is 1. The lowest BCUT2D eigenvalue weighted by molar-refractivity contribution is 0.770. The maximum absolute atomic E-state index is 5.86. The summed E-state index contributed by atoms with van der Waals surface area (Å²) >= 11 is 0. The standard InChI is InChI=1S/C12H15N/c1-8-4-3-5-11-9(2)12(13)7-6-10(8)11/h3,5-8H,4,13H2,1-2H3. The zero-order chi connectivity index (χ0) is 9.42. The van der Waals surface area contributed by atoms with E-state index >= 15 is 0 Å². The molecule has 2 rings (SSSR count). The molecule has 1 aliphatic rings. The Balaban J connectivity index is 2.65. The van der Waals surface area contributed by atoms with Crippen molar-refractivity contribution in [2.45, 2.75) is 26.2 Å². The van der Waals surface area contributed by atoms with Gasteiger partial charge in [-0.2, -0.15) is 0 Å². The van der Waals surface area contributed by atoms with Gasteiger partial charge in [0.1, 0.15) is 0 Å². The molecule has 1 aromatic carbocycles. The van der Waals surface area contributed by atoms with Gasteiger partial charge in [-0.05, 0) is 42.0 Å². The Morgan fingerprint density at radius 1 is 1.38 bits per heavy atom. The highest BCUT2D eigenvalue weighted by molar-refractivity contribution is 5.67. The van der Waals surface area contributed by atoms with E-state index in [0.717, 1.165) is 12.1 Å². The summed E-state index contributed by atoms with van der Waals surface area (Å²) in [7, 11) is 0. The lowest BCUT2D eigenvalue weighted by Crippen LogP contribution is -2.03. The minimum atomic E-state index is 0.638. The third kappa shape index (κ3) is 1.24. The van der Waals surface area contributed by atoms with E-state index in [1.165, 1.54) is 16.7 Å². The highest BCUT2D eigenvalue weighted by Gasteiger charge is 2.14. The molecule has 0 aliphatic heterocycles. The average molecular weight is 173 g/mol. The third-order valence-electron chi connectivity index (χ3n) is 2.90. The van der Waals surface area contributed by atoms with Crippen molar-refractivity contribution in [2.75, 3.05) is 5.73 Å². The van der Waals surface area contributed by atoms with Crippen molar-refractivity contribution in [2.24, 2.45) is 0 Å². The molecule has 13 heavy (non-hydrogen) atoms. The van der Waals surface area contributed by atoms with Gasteiger partial charge < -0.3 is 5.73 Å². The van der Waals surface area contributed by atoms with Crippen LogP contribution in [-0.2, 0) is 0 Å². The van der Waals surface area contributed by atoms with E-state index in [0.29, 0.717) is 5.92 Å².